The summed E-state index contributed by atoms with van der Waals surface area (Å²) < 4.78 is 31.5. The number of hydrogen-bond donors (Lipinski definition) is 1. The van der Waals surface area contributed by atoms with Crippen LogP contribution in [0.1, 0.15) is 24.1 Å². The molecule has 0 spiro atoms. The van der Waals surface area contributed by atoms with Crippen LogP contribution in [0.15, 0.2) is 78.9 Å². The molecule has 0 aliphatic heterocycles. The quantitative estimate of drug-likeness (QED) is 0.565. The van der Waals surface area contributed by atoms with E-state index in [9.17, 15) is 13.2 Å². The molecule has 0 saturated heterocycles. The van der Waals surface area contributed by atoms with Crippen molar-refractivity contribution < 1.29 is 17.9 Å². The van der Waals surface area contributed by atoms with E-state index in [2.05, 4.69) is 5.32 Å². The molecule has 0 heterocycles. The predicted molar refractivity (Wildman–Crippen MR) is 123 cm³/mol. The third kappa shape index (κ3) is 6.33. The van der Waals surface area contributed by atoms with Gasteiger partial charge in [-0.25, -0.2) is 8.42 Å². The Morgan fingerprint density at radius 3 is 2.10 bits per heavy atom. The number of benzene rings is 3. The van der Waals surface area contributed by atoms with Crippen LogP contribution in [0, 0.1) is 6.92 Å². The van der Waals surface area contributed by atoms with Gasteiger partial charge in [0.2, 0.25) is 15.9 Å². The molecule has 0 aromatic heterocycles. The molecular weight excluding hydrogens is 412 g/mol. The summed E-state index contributed by atoms with van der Waals surface area (Å²) in [7, 11) is -3.66. The van der Waals surface area contributed by atoms with Crippen molar-refractivity contribution in [1.29, 1.82) is 0 Å². The SMILES string of the molecule is Cc1ccc(C(C)NC(=O)CN(c2ccc(Oc3ccccc3)cc2)S(C)(=O)=O)cc1. The first-order valence-electron chi connectivity index (χ1n) is 9.89. The Hall–Kier alpha value is -3.32. The molecule has 0 saturated carbocycles. The van der Waals surface area contributed by atoms with Crippen molar-refractivity contribution in [3.05, 3.63) is 90.0 Å². The molecule has 1 amide bonds. The van der Waals surface area contributed by atoms with Gasteiger partial charge in [-0.15, -0.1) is 0 Å². The lowest BCUT2D eigenvalue weighted by Gasteiger charge is -2.23. The van der Waals surface area contributed by atoms with Gasteiger partial charge in [-0.3, -0.25) is 9.10 Å². The van der Waals surface area contributed by atoms with Gasteiger partial charge in [0.25, 0.3) is 0 Å². The fraction of sp³-hybridized carbons (Fsp3) is 0.208. The van der Waals surface area contributed by atoms with Crippen LogP contribution in [0.4, 0.5) is 5.69 Å². The number of hydrogen-bond acceptors (Lipinski definition) is 4. The van der Waals surface area contributed by atoms with Crippen molar-refractivity contribution in [2.75, 3.05) is 17.1 Å². The highest BCUT2D eigenvalue weighted by atomic mass is 32.2. The molecule has 3 rings (SSSR count). The van der Waals surface area contributed by atoms with Crippen molar-refractivity contribution in [2.24, 2.45) is 0 Å². The van der Waals surface area contributed by atoms with Gasteiger partial charge in [-0.2, -0.15) is 0 Å². The molecule has 1 unspecified atom stereocenters. The summed E-state index contributed by atoms with van der Waals surface area (Å²) in [6, 6.07) is 23.5. The topological polar surface area (TPSA) is 75.7 Å². The van der Waals surface area contributed by atoms with Gasteiger partial charge in [0.15, 0.2) is 0 Å². The van der Waals surface area contributed by atoms with Crippen LogP contribution in [0.2, 0.25) is 0 Å². The lowest BCUT2D eigenvalue weighted by atomic mass is 10.1. The maximum atomic E-state index is 12.6. The van der Waals surface area contributed by atoms with Gasteiger partial charge in [-0.1, -0.05) is 48.0 Å². The number of carbonyl (C=O) groups is 1. The smallest absolute Gasteiger partial charge is 0.241 e. The highest BCUT2D eigenvalue weighted by molar-refractivity contribution is 7.92. The zero-order chi connectivity index (χ0) is 22.4. The number of ether oxygens (including phenoxy) is 1. The molecule has 0 bridgehead atoms. The van der Waals surface area contributed by atoms with Crippen molar-refractivity contribution in [3.8, 4) is 11.5 Å². The summed E-state index contributed by atoms with van der Waals surface area (Å²) in [5.41, 5.74) is 2.47. The largest absolute Gasteiger partial charge is 0.457 e. The fourth-order valence-corrected chi connectivity index (χ4v) is 3.92. The number of para-hydroxylation sites is 1. The van der Waals surface area contributed by atoms with Crippen molar-refractivity contribution in [3.63, 3.8) is 0 Å². The molecule has 1 N–H and O–H groups in total. The molecule has 0 radical (unpaired) electrons. The second-order valence-corrected chi connectivity index (χ2v) is 9.29. The molecule has 7 heteroatoms. The highest BCUT2D eigenvalue weighted by Gasteiger charge is 2.22. The van der Waals surface area contributed by atoms with E-state index in [0.717, 1.165) is 21.7 Å². The summed E-state index contributed by atoms with van der Waals surface area (Å²) in [6.45, 7) is 3.55. The minimum atomic E-state index is -3.66. The van der Waals surface area contributed by atoms with E-state index in [1.807, 2.05) is 68.4 Å². The number of nitrogens with one attached hydrogen (secondary N) is 1. The zero-order valence-corrected chi connectivity index (χ0v) is 18.6. The number of nitrogens with zero attached hydrogens (tertiary/aromatic N) is 1. The number of aryl methyl sites for hydroxylation is 1. The summed E-state index contributed by atoms with van der Waals surface area (Å²) in [5, 5.41) is 2.86. The molecular formula is C24H26N2O4S. The van der Waals surface area contributed by atoms with Crippen LogP contribution in [-0.2, 0) is 14.8 Å². The fourth-order valence-electron chi connectivity index (χ4n) is 3.06. The second-order valence-electron chi connectivity index (χ2n) is 7.38. The third-order valence-corrected chi connectivity index (χ3v) is 5.89. The first-order valence-corrected chi connectivity index (χ1v) is 11.7. The Morgan fingerprint density at radius 1 is 0.935 bits per heavy atom. The van der Waals surface area contributed by atoms with Crippen LogP contribution in [0.5, 0.6) is 11.5 Å². The first kappa shape index (κ1) is 22.4. The third-order valence-electron chi connectivity index (χ3n) is 4.75. The van der Waals surface area contributed by atoms with E-state index >= 15 is 0 Å². The lowest BCUT2D eigenvalue weighted by Crippen LogP contribution is -2.41. The molecule has 3 aromatic carbocycles. The van der Waals surface area contributed by atoms with Crippen LogP contribution >= 0.6 is 0 Å². The number of anilines is 1. The molecule has 1 atom stereocenters. The summed E-state index contributed by atoms with van der Waals surface area (Å²) in [5.74, 6) is 0.864. The molecule has 31 heavy (non-hydrogen) atoms. The summed E-state index contributed by atoms with van der Waals surface area (Å²) in [4.78, 5) is 12.6. The number of amides is 1. The van der Waals surface area contributed by atoms with Gasteiger partial charge in [0.05, 0.1) is 18.0 Å². The average molecular weight is 439 g/mol. The van der Waals surface area contributed by atoms with E-state index in [0.29, 0.717) is 17.2 Å². The van der Waals surface area contributed by atoms with Gasteiger partial charge in [0.1, 0.15) is 18.0 Å². The van der Waals surface area contributed by atoms with E-state index in [1.165, 1.54) is 0 Å². The first-order chi connectivity index (χ1) is 14.7. The van der Waals surface area contributed by atoms with Crippen LogP contribution in [0.25, 0.3) is 0 Å². The van der Waals surface area contributed by atoms with Gasteiger partial charge >= 0.3 is 0 Å². The normalized spacial score (nSPS) is 12.1. The standard InChI is InChI=1S/C24H26N2O4S/c1-18-9-11-20(12-10-18)19(2)25-24(27)17-26(31(3,28)29)21-13-15-23(16-14-21)30-22-7-5-4-6-8-22/h4-16,19H,17H2,1-3H3,(H,25,27). The second kappa shape index (κ2) is 9.66. The van der Waals surface area contributed by atoms with Crippen LogP contribution in [-0.4, -0.2) is 27.1 Å². The Labute approximate surface area is 183 Å². The van der Waals surface area contributed by atoms with Crippen LogP contribution in [0.3, 0.4) is 0 Å². The maximum Gasteiger partial charge on any atom is 0.241 e. The Morgan fingerprint density at radius 2 is 1.52 bits per heavy atom. The molecule has 0 aliphatic carbocycles. The lowest BCUT2D eigenvalue weighted by molar-refractivity contribution is -0.120. The van der Waals surface area contributed by atoms with E-state index in [4.69, 9.17) is 4.74 Å². The van der Waals surface area contributed by atoms with E-state index < -0.39 is 10.0 Å². The van der Waals surface area contributed by atoms with Gasteiger partial charge in [0, 0.05) is 0 Å². The molecule has 162 valence electrons. The molecule has 3 aromatic rings. The van der Waals surface area contributed by atoms with Crippen LogP contribution < -0.4 is 14.4 Å². The summed E-state index contributed by atoms with van der Waals surface area (Å²) in [6.07, 6.45) is 1.08. The number of carbonyl (C=O) groups excluding carboxylic acids is 1. The number of sulfonamides is 1. The zero-order valence-electron chi connectivity index (χ0n) is 17.8. The molecule has 0 aliphatic rings. The van der Waals surface area contributed by atoms with E-state index in [-0.39, 0.29) is 18.5 Å². The Kier molecular flexibility index (Phi) is 6.97. The minimum Gasteiger partial charge on any atom is -0.457 e. The van der Waals surface area contributed by atoms with E-state index in [1.54, 1.807) is 24.3 Å². The monoisotopic (exact) mass is 438 g/mol. The Balaban J connectivity index is 1.70. The van der Waals surface area contributed by atoms with Gasteiger partial charge < -0.3 is 10.1 Å². The molecule has 6 nitrogen and oxygen atoms in total. The predicted octanol–water partition coefficient (Wildman–Crippen LogP) is 4.43. The molecule has 0 fully saturated rings. The average Bonchev–Trinajstić information content (AvgIpc) is 2.73. The maximum absolute atomic E-state index is 12.6. The highest BCUT2D eigenvalue weighted by Crippen LogP contribution is 2.25. The summed E-state index contributed by atoms with van der Waals surface area (Å²) >= 11 is 0. The van der Waals surface area contributed by atoms with Crippen molar-refractivity contribution >= 4 is 21.6 Å². The van der Waals surface area contributed by atoms with Gasteiger partial charge in [-0.05, 0) is 55.8 Å². The Bertz CT molecular complexity index is 1110. The number of rotatable bonds is 8. The van der Waals surface area contributed by atoms with Crippen molar-refractivity contribution in [2.45, 2.75) is 19.9 Å². The minimum absolute atomic E-state index is 0.240. The van der Waals surface area contributed by atoms with Crippen molar-refractivity contribution in [1.82, 2.24) is 5.32 Å².